The zero-order chi connectivity index (χ0) is 14.9. The van der Waals surface area contributed by atoms with Crippen LogP contribution >= 0.6 is 12.4 Å². The Morgan fingerprint density at radius 2 is 1.91 bits per heavy atom. The highest BCUT2D eigenvalue weighted by atomic mass is 35.5. The van der Waals surface area contributed by atoms with Gasteiger partial charge in [0.1, 0.15) is 16.9 Å². The largest absolute Gasteiger partial charge is 0.450 e. The summed E-state index contributed by atoms with van der Waals surface area (Å²) < 4.78 is 6.04. The Hall–Kier alpha value is -1.81. The number of hydrogen-bond donors (Lipinski definition) is 1. The molecule has 1 aromatic carbocycles. The van der Waals surface area contributed by atoms with Gasteiger partial charge in [-0.25, -0.2) is 9.97 Å². The number of para-hydroxylation sites is 1. The number of anilines is 1. The van der Waals surface area contributed by atoms with E-state index in [2.05, 4.69) is 18.3 Å². The molecular weight excluding hydrogens is 310 g/mol. The molecule has 0 spiro atoms. The van der Waals surface area contributed by atoms with Crippen LogP contribution in [0.1, 0.15) is 44.9 Å². The molecule has 5 heteroatoms. The maximum atomic E-state index is 6.04. The lowest BCUT2D eigenvalue weighted by Gasteiger charge is -2.23. The number of nitrogens with one attached hydrogen (secondary N) is 1. The Morgan fingerprint density at radius 3 is 2.70 bits per heavy atom. The summed E-state index contributed by atoms with van der Waals surface area (Å²) in [7, 11) is 0. The summed E-state index contributed by atoms with van der Waals surface area (Å²) in [6.07, 6.45) is 7.21. The van der Waals surface area contributed by atoms with E-state index in [1.807, 2.05) is 18.2 Å². The van der Waals surface area contributed by atoms with Crippen LogP contribution in [0.4, 0.5) is 5.82 Å². The first-order valence-corrected chi connectivity index (χ1v) is 8.30. The molecule has 1 fully saturated rings. The summed E-state index contributed by atoms with van der Waals surface area (Å²) >= 11 is 0. The second-order valence-electron chi connectivity index (χ2n) is 6.10. The predicted molar refractivity (Wildman–Crippen MR) is 96.4 cm³/mol. The smallest absolute Gasteiger partial charge is 0.196 e. The molecule has 1 N–H and O–H groups in total. The standard InChI is InChI=1S/C18H21N3O.ClH/c1-2-15-20-16-13-10-6-7-11-14(13)22-17(16)18(21-15)19-12-8-4-3-5-9-12;/h6-7,10-12H,2-5,8-9H2,1H3,(H,19,20,21);1H. The quantitative estimate of drug-likeness (QED) is 0.725. The van der Waals surface area contributed by atoms with Gasteiger partial charge in [-0.2, -0.15) is 0 Å². The first-order valence-electron chi connectivity index (χ1n) is 8.30. The second-order valence-corrected chi connectivity index (χ2v) is 6.10. The van der Waals surface area contributed by atoms with Crippen LogP contribution in [-0.4, -0.2) is 16.0 Å². The van der Waals surface area contributed by atoms with E-state index >= 15 is 0 Å². The number of fused-ring (bicyclic) bond motifs is 3. The molecule has 0 aliphatic heterocycles. The summed E-state index contributed by atoms with van der Waals surface area (Å²) in [6.45, 7) is 2.09. The fourth-order valence-corrected chi connectivity index (χ4v) is 3.33. The summed E-state index contributed by atoms with van der Waals surface area (Å²) in [4.78, 5) is 9.38. The van der Waals surface area contributed by atoms with Crippen molar-refractivity contribution in [2.24, 2.45) is 0 Å². The maximum absolute atomic E-state index is 6.04. The summed E-state index contributed by atoms with van der Waals surface area (Å²) in [5.74, 6) is 1.74. The zero-order valence-electron chi connectivity index (χ0n) is 13.3. The van der Waals surface area contributed by atoms with Gasteiger partial charge in [0, 0.05) is 17.8 Å². The van der Waals surface area contributed by atoms with Gasteiger partial charge >= 0.3 is 0 Å². The molecule has 2 aromatic heterocycles. The van der Waals surface area contributed by atoms with E-state index in [1.54, 1.807) is 0 Å². The number of furan rings is 1. The van der Waals surface area contributed by atoms with Crippen LogP contribution in [0.25, 0.3) is 22.1 Å². The Balaban J connectivity index is 0.00000156. The molecule has 3 aromatic rings. The summed E-state index contributed by atoms with van der Waals surface area (Å²) in [5, 5.41) is 4.69. The molecule has 23 heavy (non-hydrogen) atoms. The van der Waals surface area contributed by atoms with Crippen molar-refractivity contribution in [3.8, 4) is 0 Å². The number of halogens is 1. The number of nitrogens with zero attached hydrogens (tertiary/aromatic N) is 2. The molecular formula is C18H22ClN3O. The minimum absolute atomic E-state index is 0. The van der Waals surface area contributed by atoms with Crippen LogP contribution in [0.15, 0.2) is 28.7 Å². The van der Waals surface area contributed by atoms with Crippen LogP contribution < -0.4 is 5.32 Å². The van der Waals surface area contributed by atoms with E-state index in [0.717, 1.165) is 40.1 Å². The average molecular weight is 332 g/mol. The molecule has 122 valence electrons. The summed E-state index contributed by atoms with van der Waals surface area (Å²) in [6, 6.07) is 8.59. The van der Waals surface area contributed by atoms with Crippen LogP contribution in [0, 0.1) is 0 Å². The highest BCUT2D eigenvalue weighted by molar-refractivity contribution is 6.05. The van der Waals surface area contributed by atoms with Crippen LogP contribution in [0.3, 0.4) is 0 Å². The van der Waals surface area contributed by atoms with Crippen molar-refractivity contribution in [1.29, 1.82) is 0 Å². The van der Waals surface area contributed by atoms with Gasteiger partial charge in [-0.3, -0.25) is 0 Å². The highest BCUT2D eigenvalue weighted by Crippen LogP contribution is 2.32. The minimum atomic E-state index is 0. The monoisotopic (exact) mass is 331 g/mol. The third-order valence-electron chi connectivity index (χ3n) is 4.53. The Kier molecular flexibility index (Phi) is 4.71. The third-order valence-corrected chi connectivity index (χ3v) is 4.53. The van der Waals surface area contributed by atoms with Gasteiger partial charge in [0.2, 0.25) is 0 Å². The molecule has 0 bridgehead atoms. The van der Waals surface area contributed by atoms with Gasteiger partial charge in [0.05, 0.1) is 0 Å². The number of benzene rings is 1. The molecule has 0 unspecified atom stereocenters. The lowest BCUT2D eigenvalue weighted by Crippen LogP contribution is -2.23. The van der Waals surface area contributed by atoms with Gasteiger partial charge in [0.25, 0.3) is 0 Å². The van der Waals surface area contributed by atoms with Gasteiger partial charge in [0.15, 0.2) is 11.4 Å². The van der Waals surface area contributed by atoms with Gasteiger partial charge < -0.3 is 9.73 Å². The minimum Gasteiger partial charge on any atom is -0.450 e. The van der Waals surface area contributed by atoms with E-state index in [9.17, 15) is 0 Å². The predicted octanol–water partition coefficient (Wildman–Crippen LogP) is 5.10. The van der Waals surface area contributed by atoms with E-state index in [1.165, 1.54) is 32.1 Å². The molecule has 4 nitrogen and oxygen atoms in total. The molecule has 1 saturated carbocycles. The Bertz CT molecular complexity index is 808. The molecule has 2 heterocycles. The zero-order valence-corrected chi connectivity index (χ0v) is 14.2. The van der Waals surface area contributed by atoms with Crippen molar-refractivity contribution in [2.45, 2.75) is 51.5 Å². The normalized spacial score (nSPS) is 15.7. The number of hydrogen-bond acceptors (Lipinski definition) is 4. The second kappa shape index (κ2) is 6.75. The maximum Gasteiger partial charge on any atom is 0.196 e. The van der Waals surface area contributed by atoms with Gasteiger partial charge in [-0.15, -0.1) is 12.4 Å². The van der Waals surface area contributed by atoms with E-state index in [4.69, 9.17) is 14.4 Å². The van der Waals surface area contributed by atoms with Crippen molar-refractivity contribution in [2.75, 3.05) is 5.32 Å². The lowest BCUT2D eigenvalue weighted by atomic mass is 9.95. The van der Waals surface area contributed by atoms with Gasteiger partial charge in [-0.1, -0.05) is 38.3 Å². The van der Waals surface area contributed by atoms with Crippen LogP contribution in [0.2, 0.25) is 0 Å². The molecule has 0 atom stereocenters. The number of rotatable bonds is 3. The first-order chi connectivity index (χ1) is 10.8. The van der Waals surface area contributed by atoms with Crippen molar-refractivity contribution in [3.05, 3.63) is 30.1 Å². The molecule has 1 aliphatic carbocycles. The molecule has 1 aliphatic rings. The first kappa shape index (κ1) is 16.1. The Morgan fingerprint density at radius 1 is 1.13 bits per heavy atom. The lowest BCUT2D eigenvalue weighted by molar-refractivity contribution is 0.461. The number of aryl methyl sites for hydroxylation is 1. The fourth-order valence-electron chi connectivity index (χ4n) is 3.33. The average Bonchev–Trinajstić information content (AvgIpc) is 2.95. The van der Waals surface area contributed by atoms with Crippen LogP contribution in [-0.2, 0) is 6.42 Å². The molecule has 4 rings (SSSR count). The molecule has 0 amide bonds. The van der Waals surface area contributed by atoms with Crippen molar-refractivity contribution < 1.29 is 4.42 Å². The Labute approximate surface area is 142 Å². The highest BCUT2D eigenvalue weighted by Gasteiger charge is 2.19. The van der Waals surface area contributed by atoms with Crippen molar-refractivity contribution >= 4 is 40.3 Å². The SMILES string of the molecule is CCc1nc(NC2CCCCC2)c2oc3ccccc3c2n1.Cl. The van der Waals surface area contributed by atoms with E-state index in [0.29, 0.717) is 6.04 Å². The van der Waals surface area contributed by atoms with Crippen molar-refractivity contribution in [3.63, 3.8) is 0 Å². The van der Waals surface area contributed by atoms with Crippen LogP contribution in [0.5, 0.6) is 0 Å². The topological polar surface area (TPSA) is 51.0 Å². The molecule has 0 saturated heterocycles. The van der Waals surface area contributed by atoms with Gasteiger partial charge in [-0.05, 0) is 25.0 Å². The summed E-state index contributed by atoms with van der Waals surface area (Å²) in [5.41, 5.74) is 2.61. The third kappa shape index (κ3) is 3.00. The number of aromatic nitrogens is 2. The molecule has 0 radical (unpaired) electrons. The van der Waals surface area contributed by atoms with Crippen molar-refractivity contribution in [1.82, 2.24) is 9.97 Å². The van der Waals surface area contributed by atoms with E-state index < -0.39 is 0 Å². The fraction of sp³-hybridized carbons (Fsp3) is 0.444. The van der Waals surface area contributed by atoms with E-state index in [-0.39, 0.29) is 12.4 Å².